The molecule has 2 aliphatic carbocycles. The molecule has 0 spiro atoms. The van der Waals surface area contributed by atoms with E-state index >= 15 is 0 Å². The highest BCUT2D eigenvalue weighted by Crippen LogP contribution is 2.43. The molecule has 2 amide bonds. The van der Waals surface area contributed by atoms with Gasteiger partial charge in [0, 0.05) is 101 Å². The van der Waals surface area contributed by atoms with E-state index in [4.69, 9.17) is 28.0 Å². The Morgan fingerprint density at radius 2 is 1.16 bits per heavy atom. The first-order valence-corrected chi connectivity index (χ1v) is 21.1. The van der Waals surface area contributed by atoms with E-state index in [0.717, 1.165) is 50.5 Å². The molecule has 8 rings (SSSR count). The molecule has 4 aliphatic rings. The molecule has 0 fully saturated rings. The maximum absolute atomic E-state index is 13.3. The molecule has 16 heteroatoms. The lowest BCUT2D eigenvalue weighted by atomic mass is 9.89. The van der Waals surface area contributed by atoms with Gasteiger partial charge in [0.25, 0.3) is 11.8 Å². The van der Waals surface area contributed by atoms with Crippen LogP contribution in [0.4, 0.5) is 5.69 Å². The highest BCUT2D eigenvalue weighted by molar-refractivity contribution is 6.09. The van der Waals surface area contributed by atoms with Gasteiger partial charge in [0.15, 0.2) is 5.43 Å². The number of aromatic carboxylic acids is 1. The zero-order valence-corrected chi connectivity index (χ0v) is 37.4. The minimum absolute atomic E-state index is 0.00303. The number of nitrogens with one attached hydrogen (secondary N) is 2. The van der Waals surface area contributed by atoms with Crippen molar-refractivity contribution >= 4 is 57.7 Å². The Bertz CT molecular complexity index is 3310. The van der Waals surface area contributed by atoms with Gasteiger partial charge in [0.2, 0.25) is 5.36 Å². The van der Waals surface area contributed by atoms with Crippen LogP contribution in [0.25, 0.3) is 66.8 Å². The molecule has 0 radical (unpaired) electrons. The third-order valence-electron chi connectivity index (χ3n) is 11.0. The number of nitrogens with zero attached hydrogens (tertiary/aromatic N) is 2. The normalized spacial score (nSPS) is 10.5. The lowest BCUT2D eigenvalue weighted by molar-refractivity contribution is -0.193. The molecule has 344 valence electrons. The second-order valence-electron chi connectivity index (χ2n) is 15.8. The highest BCUT2D eigenvalue weighted by atomic mass is 16.4. The number of benzene rings is 6. The third-order valence-corrected chi connectivity index (χ3v) is 11.0. The number of fused-ring (bicyclic) bond motifs is 4. The Morgan fingerprint density at radius 3 is 1.79 bits per heavy atom. The van der Waals surface area contributed by atoms with Crippen LogP contribution >= 0.6 is 0 Å². The van der Waals surface area contributed by atoms with E-state index in [9.17, 15) is 29.4 Å². The predicted molar refractivity (Wildman–Crippen MR) is 251 cm³/mol. The van der Waals surface area contributed by atoms with Crippen molar-refractivity contribution in [2.75, 3.05) is 46.2 Å². The molecule has 2 aliphatic heterocycles. The van der Waals surface area contributed by atoms with E-state index in [1.54, 1.807) is 42.5 Å². The number of carboxylic acids is 1. The van der Waals surface area contributed by atoms with Crippen LogP contribution in [0.5, 0.6) is 5.75 Å². The number of hydrogen-bond acceptors (Lipinski definition) is 12. The van der Waals surface area contributed by atoms with Gasteiger partial charge in [-0.2, -0.15) is 19.2 Å². The Balaban J connectivity index is 0.00000121. The molecule has 68 heavy (non-hydrogen) atoms. The summed E-state index contributed by atoms with van der Waals surface area (Å²) < 4.78 is 14.3. The summed E-state index contributed by atoms with van der Waals surface area (Å²) in [7, 11) is 7.77. The number of carboxylic acid groups (broad SMARTS) is 1. The largest absolute Gasteiger partial charge is 0.508 e. The number of anilines is 1. The van der Waals surface area contributed by atoms with E-state index in [-0.39, 0.29) is 46.4 Å². The van der Waals surface area contributed by atoms with Crippen LogP contribution in [0.3, 0.4) is 0 Å². The molecule has 0 saturated heterocycles. The van der Waals surface area contributed by atoms with Gasteiger partial charge in [0.1, 0.15) is 42.5 Å². The number of unbranched alkanes of at least 4 members (excludes halogenated alkanes) is 2. The van der Waals surface area contributed by atoms with Crippen molar-refractivity contribution in [1.29, 1.82) is 0 Å². The summed E-state index contributed by atoms with van der Waals surface area (Å²) in [5.41, 5.74) is 6.83. The molecule has 0 saturated carbocycles. The molecule has 16 nitrogen and oxygen atoms in total. The maximum Gasteiger partial charge on any atom is 0.373 e. The van der Waals surface area contributed by atoms with Gasteiger partial charge in [-0.15, -0.1) is 0 Å². The van der Waals surface area contributed by atoms with E-state index in [1.807, 2.05) is 86.2 Å². The number of amides is 2. The Hall–Kier alpha value is -8.97. The Labute approximate surface area is 388 Å². The van der Waals surface area contributed by atoms with Crippen molar-refractivity contribution in [3.63, 3.8) is 0 Å². The number of carbonyl (C=O) groups excluding carboxylic acids is 6. The highest BCUT2D eigenvalue weighted by Gasteiger charge is 2.24. The molecular formula is C52H45N4O12+. The van der Waals surface area contributed by atoms with Gasteiger partial charge >= 0.3 is 18.3 Å². The number of phenolic OH excluding ortho intramolecular Hbond substituents is 1. The van der Waals surface area contributed by atoms with Crippen LogP contribution in [0.2, 0.25) is 0 Å². The number of phenols is 1. The summed E-state index contributed by atoms with van der Waals surface area (Å²) in [4.78, 5) is 85.6. The molecule has 4 aromatic rings. The van der Waals surface area contributed by atoms with E-state index < -0.39 is 5.97 Å². The topological polar surface area (TPSA) is 234 Å². The van der Waals surface area contributed by atoms with Crippen LogP contribution < -0.4 is 30.9 Å². The number of aromatic hydroxyl groups is 1. The van der Waals surface area contributed by atoms with Crippen molar-refractivity contribution in [3.05, 3.63) is 148 Å². The Kier molecular flexibility index (Phi) is 15.5. The number of carbonyl (C=O) groups is 3. The van der Waals surface area contributed by atoms with E-state index in [0.29, 0.717) is 65.3 Å². The Morgan fingerprint density at radius 1 is 0.618 bits per heavy atom. The fourth-order valence-electron chi connectivity index (χ4n) is 7.79. The predicted octanol–water partition coefficient (Wildman–Crippen LogP) is 6.75. The summed E-state index contributed by atoms with van der Waals surface area (Å²) >= 11 is 0. The fraction of sp³-hybridized carbons (Fsp3) is 0.173. The second kappa shape index (κ2) is 21.8. The monoisotopic (exact) mass is 917 g/mol. The fourth-order valence-corrected chi connectivity index (χ4v) is 7.79. The minimum atomic E-state index is -1.15. The molecule has 0 bridgehead atoms. The quantitative estimate of drug-likeness (QED) is 0.0565. The SMILES string of the molecule is CN(C)c1ccc2c(-c3ccc(C(=O)NCCCCCNC(=O)c4ccc(-c5c6ccc(=O)cc-6oc6cc(O)ccc56)cc4)cc3C(=O)O)c3ccc(=[N+](C)C)cc-3oc2c1.O=C=O.O=C=O. The summed E-state index contributed by atoms with van der Waals surface area (Å²) in [5, 5.41) is 28.8. The van der Waals surface area contributed by atoms with Crippen LogP contribution in [0.15, 0.2) is 129 Å². The van der Waals surface area contributed by atoms with Crippen molar-refractivity contribution in [1.82, 2.24) is 15.2 Å². The van der Waals surface area contributed by atoms with Gasteiger partial charge in [-0.1, -0.05) is 18.2 Å². The van der Waals surface area contributed by atoms with Crippen molar-refractivity contribution in [3.8, 4) is 50.7 Å². The molecule has 0 atom stereocenters. The first kappa shape index (κ1) is 48.5. The lowest BCUT2D eigenvalue weighted by Crippen LogP contribution is -2.26. The van der Waals surface area contributed by atoms with Crippen molar-refractivity contribution in [2.45, 2.75) is 19.3 Å². The van der Waals surface area contributed by atoms with Crippen LogP contribution in [0, 0.1) is 0 Å². The van der Waals surface area contributed by atoms with Crippen LogP contribution in [-0.2, 0) is 19.2 Å². The molecule has 4 N–H and O–H groups in total. The first-order valence-electron chi connectivity index (χ1n) is 21.1. The number of rotatable bonds is 12. The zero-order valence-electron chi connectivity index (χ0n) is 37.4. The van der Waals surface area contributed by atoms with Gasteiger partial charge in [-0.05, 0) is 97.1 Å². The third kappa shape index (κ3) is 10.9. The lowest BCUT2D eigenvalue weighted by Gasteiger charge is -2.19. The van der Waals surface area contributed by atoms with Gasteiger partial charge < -0.3 is 34.6 Å². The standard InChI is InChI=1S/C50H44N4O8.2CO2/c1-53(2)32-13-18-39-42(25-32)61-43-26-33(54(3)4)14-19-40(43)47(39)36-17-12-31(24-41(36)50(59)60)49(58)52-23-7-5-6-22-51-48(57)30-10-8-29(9-11-30)46-37-20-15-34(55)27-44(37)62-45-28-35(56)16-21-38(45)46;2*2-1-3/h8-21,24-28H,5-7,22-23H2,1-4H3,(H3-,51,52,55,56,57,58,59,60);;/p+1. The van der Waals surface area contributed by atoms with E-state index in [2.05, 4.69) is 10.6 Å². The number of hydrogen-bond donors (Lipinski definition) is 4. The summed E-state index contributed by atoms with van der Waals surface area (Å²) in [6.07, 6.45) is 2.59. The molecule has 2 heterocycles. The van der Waals surface area contributed by atoms with Crippen LogP contribution in [0.1, 0.15) is 50.3 Å². The van der Waals surface area contributed by atoms with Crippen molar-refractivity contribution < 1.29 is 52.6 Å². The molecular weight excluding hydrogens is 873 g/mol. The summed E-state index contributed by atoms with van der Waals surface area (Å²) in [5.74, 6) is -0.698. The van der Waals surface area contributed by atoms with Gasteiger partial charge in [0.05, 0.1) is 11.6 Å². The smallest absolute Gasteiger partial charge is 0.373 e. The van der Waals surface area contributed by atoms with E-state index in [1.165, 1.54) is 24.3 Å². The molecule has 0 aromatic heterocycles. The maximum atomic E-state index is 13.3. The first-order chi connectivity index (χ1) is 32.7. The minimum Gasteiger partial charge on any atom is -0.508 e. The average molecular weight is 918 g/mol. The van der Waals surface area contributed by atoms with Gasteiger partial charge in [-0.3, -0.25) is 14.4 Å². The van der Waals surface area contributed by atoms with Crippen molar-refractivity contribution in [2.24, 2.45) is 0 Å². The summed E-state index contributed by atoms with van der Waals surface area (Å²) in [6.45, 7) is 0.819. The van der Waals surface area contributed by atoms with Crippen LogP contribution in [-0.4, -0.2) is 81.6 Å². The summed E-state index contributed by atoms with van der Waals surface area (Å²) in [6, 6.07) is 33.1. The second-order valence-corrected chi connectivity index (χ2v) is 15.8. The van der Waals surface area contributed by atoms with Gasteiger partial charge in [-0.25, -0.2) is 9.37 Å². The molecule has 0 unspecified atom stereocenters. The molecule has 4 aromatic carbocycles. The average Bonchev–Trinajstić information content (AvgIpc) is 3.31. The zero-order chi connectivity index (χ0) is 49.1.